The molecular formula is C28H32N2O5. The van der Waals surface area contributed by atoms with Gasteiger partial charge in [-0.15, -0.1) is 0 Å². The van der Waals surface area contributed by atoms with Crippen molar-refractivity contribution in [2.75, 3.05) is 13.2 Å². The van der Waals surface area contributed by atoms with Gasteiger partial charge in [0, 0.05) is 18.5 Å². The van der Waals surface area contributed by atoms with E-state index in [4.69, 9.17) is 4.74 Å². The molecule has 184 valence electrons. The maximum Gasteiger partial charge on any atom is 0.407 e. The van der Waals surface area contributed by atoms with Crippen LogP contribution >= 0.6 is 0 Å². The van der Waals surface area contributed by atoms with Crippen LogP contribution in [0.3, 0.4) is 0 Å². The molecule has 5 rings (SSSR count). The smallest absolute Gasteiger partial charge is 0.407 e. The van der Waals surface area contributed by atoms with Gasteiger partial charge in [-0.1, -0.05) is 67.8 Å². The van der Waals surface area contributed by atoms with Crippen LogP contribution in [0.5, 0.6) is 0 Å². The van der Waals surface area contributed by atoms with Gasteiger partial charge in [-0.05, 0) is 47.9 Å². The van der Waals surface area contributed by atoms with Crippen molar-refractivity contribution in [3.63, 3.8) is 0 Å². The van der Waals surface area contributed by atoms with Crippen LogP contribution in [0.15, 0.2) is 48.5 Å². The Bertz CT molecular complexity index is 1080. The van der Waals surface area contributed by atoms with Crippen molar-refractivity contribution in [1.82, 2.24) is 10.6 Å². The average molecular weight is 477 g/mol. The van der Waals surface area contributed by atoms with Gasteiger partial charge in [0.25, 0.3) is 0 Å². The summed E-state index contributed by atoms with van der Waals surface area (Å²) in [6.45, 7) is 0.418. The number of hydrogen-bond donors (Lipinski definition) is 3. The van der Waals surface area contributed by atoms with Gasteiger partial charge >= 0.3 is 12.1 Å². The minimum Gasteiger partial charge on any atom is -0.481 e. The van der Waals surface area contributed by atoms with E-state index in [1.165, 1.54) is 11.1 Å². The summed E-state index contributed by atoms with van der Waals surface area (Å²) < 4.78 is 5.65. The Morgan fingerprint density at radius 2 is 1.54 bits per heavy atom. The number of carboxylic acid groups (broad SMARTS) is 1. The average Bonchev–Trinajstić information content (AvgIpc) is 3.60. The highest BCUT2D eigenvalue weighted by atomic mass is 16.5. The second-order valence-electron chi connectivity index (χ2n) is 10.1. The predicted molar refractivity (Wildman–Crippen MR) is 131 cm³/mol. The van der Waals surface area contributed by atoms with Crippen LogP contribution in [0.2, 0.25) is 0 Å². The minimum absolute atomic E-state index is 0.0211. The first-order chi connectivity index (χ1) is 17.0. The third kappa shape index (κ3) is 4.51. The summed E-state index contributed by atoms with van der Waals surface area (Å²) in [5, 5.41) is 15.3. The first-order valence-corrected chi connectivity index (χ1v) is 12.6. The number of aliphatic carboxylic acids is 1. The normalized spacial score (nSPS) is 22.3. The van der Waals surface area contributed by atoms with Gasteiger partial charge in [0.2, 0.25) is 5.91 Å². The lowest BCUT2D eigenvalue weighted by Crippen LogP contribution is -2.51. The van der Waals surface area contributed by atoms with Crippen molar-refractivity contribution in [3.05, 3.63) is 59.7 Å². The fourth-order valence-electron chi connectivity index (χ4n) is 6.18. The standard InChI is InChI=1S/C28H32N2O5/c31-25(32)22-12-7-13-24(22)30-26(33)28(14-5-6-15-28)17-29-27(34)35-16-23-20-10-3-1-8-18(20)19-9-2-4-11-21(19)23/h1-4,8-11,22-24H,5-7,12-17H2,(H,29,34)(H,30,33)(H,31,32)/t22-,24+/m0/s1. The highest BCUT2D eigenvalue weighted by molar-refractivity contribution is 5.85. The molecule has 2 saturated carbocycles. The van der Waals surface area contributed by atoms with E-state index in [0.29, 0.717) is 25.7 Å². The molecule has 2 amide bonds. The zero-order chi connectivity index (χ0) is 24.4. The van der Waals surface area contributed by atoms with E-state index in [9.17, 15) is 19.5 Å². The van der Waals surface area contributed by atoms with Crippen LogP contribution in [0.4, 0.5) is 4.79 Å². The van der Waals surface area contributed by atoms with Crippen LogP contribution in [0.1, 0.15) is 62.0 Å². The molecule has 7 heteroatoms. The molecule has 0 aliphatic heterocycles. The van der Waals surface area contributed by atoms with Crippen molar-refractivity contribution < 1.29 is 24.2 Å². The summed E-state index contributed by atoms with van der Waals surface area (Å²) in [4.78, 5) is 37.5. The van der Waals surface area contributed by atoms with Gasteiger partial charge in [-0.3, -0.25) is 9.59 Å². The Morgan fingerprint density at radius 3 is 2.17 bits per heavy atom. The lowest BCUT2D eigenvalue weighted by atomic mass is 9.84. The molecule has 0 spiro atoms. The first-order valence-electron chi connectivity index (χ1n) is 12.6. The number of alkyl carbamates (subject to hydrolysis) is 1. The number of hydrogen-bond acceptors (Lipinski definition) is 4. The van der Waals surface area contributed by atoms with Crippen LogP contribution < -0.4 is 10.6 Å². The summed E-state index contributed by atoms with van der Waals surface area (Å²) in [7, 11) is 0. The number of ether oxygens (including phenoxy) is 1. The molecule has 35 heavy (non-hydrogen) atoms. The van der Waals surface area contributed by atoms with Crippen LogP contribution in [-0.4, -0.2) is 42.3 Å². The van der Waals surface area contributed by atoms with E-state index in [1.54, 1.807) is 0 Å². The first kappa shape index (κ1) is 23.4. The number of benzene rings is 2. The third-order valence-corrected chi connectivity index (χ3v) is 8.11. The fourth-order valence-corrected chi connectivity index (χ4v) is 6.18. The lowest BCUT2D eigenvalue weighted by molar-refractivity contribution is -0.142. The van der Waals surface area contributed by atoms with E-state index >= 15 is 0 Å². The summed E-state index contributed by atoms with van der Waals surface area (Å²) in [5.74, 6) is -1.56. The highest BCUT2D eigenvalue weighted by Crippen LogP contribution is 2.44. The van der Waals surface area contributed by atoms with Crippen molar-refractivity contribution in [2.24, 2.45) is 11.3 Å². The monoisotopic (exact) mass is 476 g/mol. The number of fused-ring (bicyclic) bond motifs is 3. The van der Waals surface area contributed by atoms with Gasteiger partial charge in [0.05, 0.1) is 11.3 Å². The van der Waals surface area contributed by atoms with Gasteiger partial charge in [0.15, 0.2) is 0 Å². The predicted octanol–water partition coefficient (Wildman–Crippen LogP) is 4.46. The van der Waals surface area contributed by atoms with Gasteiger partial charge in [-0.25, -0.2) is 4.79 Å². The molecule has 3 aliphatic rings. The van der Waals surface area contributed by atoms with E-state index in [0.717, 1.165) is 30.4 Å². The number of carboxylic acids is 1. The zero-order valence-electron chi connectivity index (χ0n) is 19.8. The number of carbonyl (C=O) groups is 3. The Kier molecular flexibility index (Phi) is 6.50. The topological polar surface area (TPSA) is 105 Å². The molecule has 3 aliphatic carbocycles. The second-order valence-corrected chi connectivity index (χ2v) is 10.1. The molecule has 0 unspecified atom stereocenters. The molecule has 0 saturated heterocycles. The van der Waals surface area contributed by atoms with Gasteiger partial charge < -0.3 is 20.5 Å². The Labute approximate surface area is 205 Å². The van der Waals surface area contributed by atoms with Gasteiger partial charge in [0.1, 0.15) is 6.61 Å². The summed E-state index contributed by atoms with van der Waals surface area (Å²) >= 11 is 0. The molecule has 2 aromatic carbocycles. The van der Waals surface area contributed by atoms with Crippen LogP contribution in [-0.2, 0) is 14.3 Å². The molecule has 2 aromatic rings. The molecule has 2 fully saturated rings. The fraction of sp³-hybridized carbons (Fsp3) is 0.464. The SMILES string of the molecule is O=C(NCC1(C(=O)N[C@@H]2CCC[C@@H]2C(=O)O)CCCC1)OCC1c2ccccc2-c2ccccc21. The Morgan fingerprint density at radius 1 is 0.914 bits per heavy atom. The second kappa shape index (κ2) is 9.72. The van der Waals surface area contributed by atoms with Crippen molar-refractivity contribution in [3.8, 4) is 11.1 Å². The Hall–Kier alpha value is -3.35. The van der Waals surface area contributed by atoms with E-state index < -0.39 is 23.4 Å². The highest BCUT2D eigenvalue weighted by Gasteiger charge is 2.44. The number of rotatable bonds is 7. The zero-order valence-corrected chi connectivity index (χ0v) is 19.8. The number of nitrogens with one attached hydrogen (secondary N) is 2. The lowest BCUT2D eigenvalue weighted by Gasteiger charge is -2.30. The molecule has 0 heterocycles. The van der Waals surface area contributed by atoms with Crippen molar-refractivity contribution >= 4 is 18.0 Å². The minimum atomic E-state index is -0.856. The molecular weight excluding hydrogens is 444 g/mol. The largest absolute Gasteiger partial charge is 0.481 e. The quantitative estimate of drug-likeness (QED) is 0.547. The summed E-state index contributed by atoms with van der Waals surface area (Å²) in [5.41, 5.74) is 3.93. The van der Waals surface area contributed by atoms with Crippen LogP contribution in [0.25, 0.3) is 11.1 Å². The molecule has 7 nitrogen and oxygen atoms in total. The van der Waals surface area contributed by atoms with E-state index in [2.05, 4.69) is 34.9 Å². The molecule has 2 atom stereocenters. The molecule has 0 aromatic heterocycles. The third-order valence-electron chi connectivity index (χ3n) is 8.11. The number of carbonyl (C=O) groups excluding carboxylic acids is 2. The molecule has 0 radical (unpaired) electrons. The molecule has 3 N–H and O–H groups in total. The summed E-state index contributed by atoms with van der Waals surface area (Å²) in [6, 6.07) is 16.0. The summed E-state index contributed by atoms with van der Waals surface area (Å²) in [6.07, 6.45) is 4.70. The van der Waals surface area contributed by atoms with Gasteiger partial charge in [-0.2, -0.15) is 0 Å². The van der Waals surface area contributed by atoms with Crippen molar-refractivity contribution in [1.29, 1.82) is 0 Å². The molecule has 0 bridgehead atoms. The van der Waals surface area contributed by atoms with Crippen molar-refractivity contribution in [2.45, 2.75) is 56.9 Å². The maximum atomic E-state index is 13.2. The number of amides is 2. The van der Waals surface area contributed by atoms with E-state index in [-0.39, 0.29) is 31.0 Å². The van der Waals surface area contributed by atoms with E-state index in [1.807, 2.05) is 24.3 Å². The maximum absolute atomic E-state index is 13.2. The van der Waals surface area contributed by atoms with Crippen LogP contribution in [0, 0.1) is 11.3 Å². The Balaban J connectivity index is 1.20.